The van der Waals surface area contributed by atoms with Crippen molar-refractivity contribution in [2.75, 3.05) is 0 Å². The van der Waals surface area contributed by atoms with Gasteiger partial charge in [0.2, 0.25) is 5.91 Å². The van der Waals surface area contributed by atoms with Gasteiger partial charge in [-0.1, -0.05) is 0 Å². The van der Waals surface area contributed by atoms with Crippen LogP contribution in [0.3, 0.4) is 0 Å². The summed E-state index contributed by atoms with van der Waals surface area (Å²) in [5.41, 5.74) is 5.77. The molecular formula is C13H20N2OS. The molecule has 0 aromatic heterocycles. The van der Waals surface area contributed by atoms with E-state index in [4.69, 9.17) is 18.0 Å². The first-order chi connectivity index (χ1) is 8.00. The van der Waals surface area contributed by atoms with E-state index >= 15 is 0 Å². The minimum atomic E-state index is -0.0214. The zero-order valence-electron chi connectivity index (χ0n) is 10.3. The van der Waals surface area contributed by atoms with Crippen LogP contribution in [0.1, 0.15) is 45.4 Å². The second-order valence-corrected chi connectivity index (χ2v) is 6.75. The molecule has 1 amide bonds. The lowest BCUT2D eigenvalue weighted by molar-refractivity contribution is -0.138. The zero-order valence-corrected chi connectivity index (χ0v) is 11.1. The molecule has 0 heterocycles. The molecule has 94 valence electrons. The summed E-state index contributed by atoms with van der Waals surface area (Å²) in [6.45, 7) is 1.59. The highest BCUT2D eigenvalue weighted by Crippen LogP contribution is 2.57. The van der Waals surface area contributed by atoms with E-state index < -0.39 is 0 Å². The highest BCUT2D eigenvalue weighted by atomic mass is 32.1. The first-order valence-corrected chi connectivity index (χ1v) is 7.01. The molecule has 4 rings (SSSR count). The van der Waals surface area contributed by atoms with Gasteiger partial charge in [-0.05, 0) is 68.5 Å². The summed E-state index contributed by atoms with van der Waals surface area (Å²) in [6, 6.07) is 0. The van der Waals surface area contributed by atoms with Crippen LogP contribution in [-0.4, -0.2) is 21.5 Å². The second kappa shape index (κ2) is 3.67. The molecule has 4 heteroatoms. The average Bonchev–Trinajstić information content (AvgIpc) is 2.11. The van der Waals surface area contributed by atoms with Crippen LogP contribution in [0.25, 0.3) is 0 Å². The van der Waals surface area contributed by atoms with E-state index in [0.717, 1.165) is 37.0 Å². The largest absolute Gasteiger partial charge is 0.376 e. The Morgan fingerprint density at radius 2 is 1.59 bits per heavy atom. The van der Waals surface area contributed by atoms with Gasteiger partial charge in [-0.2, -0.15) is 0 Å². The number of carbonyl (C=O) groups is 1. The Balaban J connectivity index is 1.95. The number of carbonyl (C=O) groups excluding carboxylic acids is 1. The van der Waals surface area contributed by atoms with Gasteiger partial charge in [0.1, 0.15) is 0 Å². The Hall–Kier alpha value is -0.640. The summed E-state index contributed by atoms with van der Waals surface area (Å²) in [4.78, 5) is 13.6. The van der Waals surface area contributed by atoms with Gasteiger partial charge in [-0.3, -0.25) is 9.69 Å². The summed E-state index contributed by atoms with van der Waals surface area (Å²) in [6.07, 6.45) is 7.45. The van der Waals surface area contributed by atoms with E-state index in [0.29, 0.717) is 0 Å². The zero-order chi connectivity index (χ0) is 12.2. The van der Waals surface area contributed by atoms with Crippen LogP contribution in [-0.2, 0) is 4.79 Å². The third kappa shape index (κ3) is 1.68. The van der Waals surface area contributed by atoms with E-state index in [2.05, 4.69) is 0 Å². The summed E-state index contributed by atoms with van der Waals surface area (Å²) in [5, 5.41) is 0.277. The fraction of sp³-hybridized carbons (Fsp3) is 0.846. The van der Waals surface area contributed by atoms with E-state index in [-0.39, 0.29) is 16.6 Å². The van der Waals surface area contributed by atoms with Crippen molar-refractivity contribution in [2.45, 2.75) is 51.0 Å². The molecule has 4 fully saturated rings. The lowest BCUT2D eigenvalue weighted by Crippen LogP contribution is -2.63. The van der Waals surface area contributed by atoms with Crippen LogP contribution in [0.4, 0.5) is 0 Å². The van der Waals surface area contributed by atoms with Crippen LogP contribution in [0.2, 0.25) is 0 Å². The van der Waals surface area contributed by atoms with Crippen molar-refractivity contribution in [3.63, 3.8) is 0 Å². The summed E-state index contributed by atoms with van der Waals surface area (Å²) >= 11 is 5.11. The third-order valence-electron chi connectivity index (χ3n) is 5.02. The SMILES string of the molecule is CC(=O)N(C(N)=S)C12CC3CC(CC(C3)C1)C2. The van der Waals surface area contributed by atoms with Gasteiger partial charge in [0.15, 0.2) is 5.11 Å². The van der Waals surface area contributed by atoms with E-state index in [9.17, 15) is 4.79 Å². The smallest absolute Gasteiger partial charge is 0.226 e. The molecule has 4 saturated carbocycles. The Morgan fingerprint density at radius 1 is 1.18 bits per heavy atom. The topological polar surface area (TPSA) is 46.3 Å². The standard InChI is InChI=1S/C13H20N2OS/c1-8(16)15(12(14)17)13-5-9-2-10(6-13)4-11(3-9)7-13/h9-11H,2-7H2,1H3,(H2,14,17). The maximum atomic E-state index is 11.9. The molecule has 4 aliphatic rings. The fourth-order valence-corrected chi connectivity index (χ4v) is 5.38. The van der Waals surface area contributed by atoms with Crippen molar-refractivity contribution in [1.82, 2.24) is 4.90 Å². The Kier molecular flexibility index (Phi) is 2.47. The lowest BCUT2D eigenvalue weighted by atomic mass is 9.52. The van der Waals surface area contributed by atoms with Crippen molar-refractivity contribution in [3.05, 3.63) is 0 Å². The number of hydrogen-bond acceptors (Lipinski definition) is 2. The second-order valence-electron chi connectivity index (χ2n) is 6.33. The van der Waals surface area contributed by atoms with Gasteiger partial charge < -0.3 is 5.73 Å². The molecule has 0 unspecified atom stereocenters. The van der Waals surface area contributed by atoms with E-state index in [1.807, 2.05) is 0 Å². The molecule has 2 N–H and O–H groups in total. The highest BCUT2D eigenvalue weighted by molar-refractivity contribution is 7.80. The van der Waals surface area contributed by atoms with Crippen LogP contribution in [0.15, 0.2) is 0 Å². The predicted octanol–water partition coefficient (Wildman–Crippen LogP) is 2.05. The Bertz CT molecular complexity index is 330. The van der Waals surface area contributed by atoms with Crippen molar-refractivity contribution in [1.29, 1.82) is 0 Å². The minimum Gasteiger partial charge on any atom is -0.376 e. The van der Waals surface area contributed by atoms with Gasteiger partial charge in [0.05, 0.1) is 5.54 Å². The maximum Gasteiger partial charge on any atom is 0.226 e. The van der Waals surface area contributed by atoms with Crippen molar-refractivity contribution in [3.8, 4) is 0 Å². The fourth-order valence-electron chi connectivity index (χ4n) is 5.06. The molecule has 3 nitrogen and oxygen atoms in total. The van der Waals surface area contributed by atoms with Crippen LogP contribution in [0.5, 0.6) is 0 Å². The molecule has 4 bridgehead atoms. The van der Waals surface area contributed by atoms with Crippen molar-refractivity contribution < 1.29 is 4.79 Å². The minimum absolute atomic E-state index is 0.0214. The third-order valence-corrected chi connectivity index (χ3v) is 5.20. The quantitative estimate of drug-likeness (QED) is 0.727. The highest BCUT2D eigenvalue weighted by Gasteiger charge is 2.54. The van der Waals surface area contributed by atoms with Gasteiger partial charge in [-0.15, -0.1) is 0 Å². The summed E-state index contributed by atoms with van der Waals surface area (Å²) < 4.78 is 0. The van der Waals surface area contributed by atoms with E-state index in [1.165, 1.54) is 19.3 Å². The monoisotopic (exact) mass is 252 g/mol. The number of nitrogens with two attached hydrogens (primary N) is 1. The molecule has 0 aromatic rings. The van der Waals surface area contributed by atoms with Crippen molar-refractivity contribution >= 4 is 23.2 Å². The molecule has 0 spiro atoms. The average molecular weight is 252 g/mol. The van der Waals surface area contributed by atoms with Gasteiger partial charge in [-0.25, -0.2) is 0 Å². The van der Waals surface area contributed by atoms with Crippen LogP contribution >= 0.6 is 12.2 Å². The van der Waals surface area contributed by atoms with E-state index in [1.54, 1.807) is 11.8 Å². The molecule has 17 heavy (non-hydrogen) atoms. The number of rotatable bonds is 1. The normalized spacial score (nSPS) is 42.5. The van der Waals surface area contributed by atoms with Gasteiger partial charge >= 0.3 is 0 Å². The Morgan fingerprint density at radius 3 is 1.88 bits per heavy atom. The molecule has 0 radical (unpaired) electrons. The van der Waals surface area contributed by atoms with Crippen LogP contribution < -0.4 is 5.73 Å². The number of nitrogens with zero attached hydrogens (tertiary/aromatic N) is 1. The molecular weight excluding hydrogens is 232 g/mol. The molecule has 4 aliphatic carbocycles. The Labute approximate surface area is 108 Å². The first kappa shape index (κ1) is 11.5. The predicted molar refractivity (Wildman–Crippen MR) is 70.2 cm³/mol. The van der Waals surface area contributed by atoms with Gasteiger partial charge in [0, 0.05) is 6.92 Å². The van der Waals surface area contributed by atoms with Gasteiger partial charge in [0.25, 0.3) is 0 Å². The summed E-state index contributed by atoms with van der Waals surface area (Å²) in [7, 11) is 0. The van der Waals surface area contributed by atoms with Crippen molar-refractivity contribution in [2.24, 2.45) is 23.5 Å². The number of hydrogen-bond donors (Lipinski definition) is 1. The first-order valence-electron chi connectivity index (χ1n) is 6.60. The molecule has 0 aromatic carbocycles. The molecule has 0 saturated heterocycles. The van der Waals surface area contributed by atoms with Crippen LogP contribution in [0, 0.1) is 17.8 Å². The summed E-state index contributed by atoms with van der Waals surface area (Å²) in [5.74, 6) is 2.44. The maximum absolute atomic E-state index is 11.9. The molecule has 0 aliphatic heterocycles. The lowest BCUT2D eigenvalue weighted by Gasteiger charge is -2.59. The molecule has 0 atom stereocenters. The number of amides is 1. The number of thiocarbonyl (C=S) groups is 1.